The molecule has 1 aliphatic heterocycles. The van der Waals surface area contributed by atoms with Crippen molar-refractivity contribution in [3.8, 4) is 28.4 Å². The number of rotatable bonds is 8. The van der Waals surface area contributed by atoms with E-state index in [1.54, 1.807) is 0 Å². The third kappa shape index (κ3) is 8.20. The molecule has 324 valence electrons. The van der Waals surface area contributed by atoms with Gasteiger partial charge in [0, 0.05) is 57.8 Å². The fraction of sp³-hybridized carbons (Fsp3) is 0.271. The third-order valence-electron chi connectivity index (χ3n) is 13.0. The van der Waals surface area contributed by atoms with E-state index in [2.05, 4.69) is 248 Å². The summed E-state index contributed by atoms with van der Waals surface area (Å²) in [5.74, 6) is 2.43. The van der Waals surface area contributed by atoms with E-state index in [1.165, 1.54) is 44.4 Å². The first-order chi connectivity index (χ1) is 30.3. The van der Waals surface area contributed by atoms with Crippen LogP contribution in [0.1, 0.15) is 98.4 Å². The summed E-state index contributed by atoms with van der Waals surface area (Å²) in [4.78, 5) is 9.85. The van der Waals surface area contributed by atoms with Crippen LogP contribution in [0.15, 0.2) is 170 Å². The number of pyridine rings is 1. The van der Waals surface area contributed by atoms with Crippen LogP contribution in [-0.4, -0.2) is 16.2 Å². The van der Waals surface area contributed by atoms with Gasteiger partial charge in [-0.25, -0.2) is 4.98 Å². The number of fused-ring (bicyclic) bond motifs is 3. The Morgan fingerprint density at radius 1 is 0.469 bits per heavy atom. The minimum absolute atomic E-state index is 0.00570. The molecule has 0 radical (unpaired) electrons. The molecule has 0 aliphatic carbocycles. The summed E-state index contributed by atoms with van der Waals surface area (Å²) in [5, 5.41) is 2.37. The monoisotopic (exact) mass is 842 g/mol. The Bertz CT molecular complexity index is 3030. The SMILES string of the molecule is CC(C)(C)c1cccc(N2C=C(C(C)(C)c3ccccc3)N(c3cc(Oc4ccc5c6cc(C(C)(C)C)ccc6n(-c6cc(C(C)(C)C)ccn6)c5c4)cc(-c4ccccc4)c3)C2)c1. The Morgan fingerprint density at radius 3 is 1.83 bits per heavy atom. The maximum atomic E-state index is 7.07. The lowest BCUT2D eigenvalue weighted by molar-refractivity contribution is 0.483. The maximum Gasteiger partial charge on any atom is 0.137 e. The predicted molar refractivity (Wildman–Crippen MR) is 270 cm³/mol. The van der Waals surface area contributed by atoms with Gasteiger partial charge < -0.3 is 14.5 Å². The summed E-state index contributed by atoms with van der Waals surface area (Å²) in [6.45, 7) is 25.7. The molecule has 2 aromatic heterocycles. The number of ether oxygens (including phenoxy) is 1. The van der Waals surface area contributed by atoms with Crippen LogP contribution in [0, 0.1) is 0 Å². The molecule has 0 spiro atoms. The highest BCUT2D eigenvalue weighted by atomic mass is 16.5. The van der Waals surface area contributed by atoms with Crippen LogP contribution in [0.4, 0.5) is 11.4 Å². The molecular weight excluding hydrogens is 781 g/mol. The Kier molecular flexibility index (Phi) is 10.6. The lowest BCUT2D eigenvalue weighted by Crippen LogP contribution is -2.34. The first kappa shape index (κ1) is 42.7. The van der Waals surface area contributed by atoms with Crippen LogP contribution < -0.4 is 14.5 Å². The molecular formula is C59H62N4O. The first-order valence-corrected chi connectivity index (χ1v) is 22.7. The highest BCUT2D eigenvalue weighted by Gasteiger charge is 2.36. The fourth-order valence-electron chi connectivity index (χ4n) is 9.03. The minimum Gasteiger partial charge on any atom is -0.457 e. The van der Waals surface area contributed by atoms with Crippen molar-refractivity contribution in [2.24, 2.45) is 0 Å². The molecule has 3 heterocycles. The second-order valence-electron chi connectivity index (χ2n) is 21.2. The van der Waals surface area contributed by atoms with Gasteiger partial charge in [-0.3, -0.25) is 4.57 Å². The Balaban J connectivity index is 1.19. The van der Waals surface area contributed by atoms with Gasteiger partial charge in [-0.2, -0.15) is 0 Å². The molecule has 0 N–H and O–H groups in total. The van der Waals surface area contributed by atoms with E-state index in [9.17, 15) is 0 Å². The summed E-state index contributed by atoms with van der Waals surface area (Å²) in [5.41, 5.74) is 12.6. The lowest BCUT2D eigenvalue weighted by atomic mass is 9.81. The topological polar surface area (TPSA) is 33.5 Å². The van der Waals surface area contributed by atoms with Gasteiger partial charge in [0.2, 0.25) is 0 Å². The maximum absolute atomic E-state index is 7.07. The van der Waals surface area contributed by atoms with E-state index in [4.69, 9.17) is 9.72 Å². The number of anilines is 2. The lowest BCUT2D eigenvalue weighted by Gasteiger charge is -2.34. The van der Waals surface area contributed by atoms with E-state index in [1.807, 2.05) is 6.20 Å². The van der Waals surface area contributed by atoms with Crippen molar-refractivity contribution in [2.75, 3.05) is 16.5 Å². The number of hydrogen-bond acceptors (Lipinski definition) is 4. The normalized spacial score (nSPS) is 13.8. The van der Waals surface area contributed by atoms with Crippen molar-refractivity contribution < 1.29 is 4.74 Å². The molecule has 1 aliphatic rings. The minimum atomic E-state index is -0.314. The van der Waals surface area contributed by atoms with Gasteiger partial charge in [-0.05, 0) is 110 Å². The average molecular weight is 843 g/mol. The summed E-state index contributed by atoms with van der Waals surface area (Å²) in [6, 6.07) is 55.0. The van der Waals surface area contributed by atoms with E-state index >= 15 is 0 Å². The van der Waals surface area contributed by atoms with Gasteiger partial charge in [0.1, 0.15) is 17.3 Å². The second-order valence-corrected chi connectivity index (χ2v) is 21.2. The zero-order chi connectivity index (χ0) is 45.2. The third-order valence-corrected chi connectivity index (χ3v) is 13.0. The Morgan fingerprint density at radius 2 is 1.12 bits per heavy atom. The zero-order valence-corrected chi connectivity index (χ0v) is 39.5. The molecule has 8 aromatic rings. The predicted octanol–water partition coefficient (Wildman–Crippen LogP) is 15.6. The van der Waals surface area contributed by atoms with Gasteiger partial charge in [0.05, 0.1) is 17.7 Å². The van der Waals surface area contributed by atoms with E-state index in [0.29, 0.717) is 6.67 Å². The van der Waals surface area contributed by atoms with Crippen LogP contribution in [0.25, 0.3) is 38.8 Å². The number of nitrogens with zero attached hydrogens (tertiary/aromatic N) is 4. The highest BCUT2D eigenvalue weighted by molar-refractivity contribution is 6.09. The summed E-state index contributed by atoms with van der Waals surface area (Å²) >= 11 is 0. The summed E-state index contributed by atoms with van der Waals surface area (Å²) in [6.07, 6.45) is 4.29. The van der Waals surface area contributed by atoms with Gasteiger partial charge >= 0.3 is 0 Å². The fourth-order valence-corrected chi connectivity index (χ4v) is 9.03. The molecule has 0 amide bonds. The van der Waals surface area contributed by atoms with Crippen molar-refractivity contribution in [2.45, 2.75) is 97.8 Å². The first-order valence-electron chi connectivity index (χ1n) is 22.7. The van der Waals surface area contributed by atoms with Crippen molar-refractivity contribution >= 4 is 33.2 Å². The molecule has 0 atom stereocenters. The Labute approximate surface area is 380 Å². The molecule has 0 bridgehead atoms. The summed E-state index contributed by atoms with van der Waals surface area (Å²) < 4.78 is 9.38. The molecule has 0 saturated carbocycles. The van der Waals surface area contributed by atoms with Gasteiger partial charge in [-0.15, -0.1) is 0 Å². The number of hydrogen-bond donors (Lipinski definition) is 0. The van der Waals surface area contributed by atoms with E-state index < -0.39 is 0 Å². The van der Waals surface area contributed by atoms with Crippen molar-refractivity contribution in [1.29, 1.82) is 0 Å². The number of benzene rings is 6. The average Bonchev–Trinajstić information content (AvgIpc) is 3.87. The molecule has 9 rings (SSSR count). The van der Waals surface area contributed by atoms with Gasteiger partial charge in [0.25, 0.3) is 0 Å². The van der Waals surface area contributed by atoms with Crippen LogP contribution in [0.2, 0.25) is 0 Å². The molecule has 5 nitrogen and oxygen atoms in total. The number of aromatic nitrogens is 2. The highest BCUT2D eigenvalue weighted by Crippen LogP contribution is 2.44. The number of allylic oxidation sites excluding steroid dienone is 1. The molecule has 5 heteroatoms. The van der Waals surface area contributed by atoms with Crippen molar-refractivity contribution in [3.63, 3.8) is 0 Å². The van der Waals surface area contributed by atoms with E-state index in [-0.39, 0.29) is 21.7 Å². The van der Waals surface area contributed by atoms with Crippen molar-refractivity contribution in [3.05, 3.63) is 192 Å². The van der Waals surface area contributed by atoms with Crippen molar-refractivity contribution in [1.82, 2.24) is 9.55 Å². The Hall–Kier alpha value is -6.59. The standard InChI is InChI=1S/C59H62N4O/c1-56(2,3)43-23-18-24-46(33-43)61-38-54(59(10,11)42-21-16-13-17-22-42)62(39-61)47-31-41(40-19-14-12-15-20-40)32-49(36-47)64-48-26-27-50-51-34-44(57(4,5)6)25-28-52(51)63(53(50)37-48)55-35-45(29-30-60-55)58(7,8)9/h12-38H,39H2,1-11H3. The van der Waals surface area contributed by atoms with Crippen LogP contribution in [0.5, 0.6) is 11.5 Å². The largest absolute Gasteiger partial charge is 0.457 e. The molecule has 0 saturated heterocycles. The van der Waals surface area contributed by atoms with Gasteiger partial charge in [0.15, 0.2) is 0 Å². The van der Waals surface area contributed by atoms with Crippen LogP contribution in [0.3, 0.4) is 0 Å². The summed E-state index contributed by atoms with van der Waals surface area (Å²) in [7, 11) is 0. The van der Waals surface area contributed by atoms with Crippen LogP contribution >= 0.6 is 0 Å². The van der Waals surface area contributed by atoms with E-state index in [0.717, 1.165) is 45.2 Å². The van der Waals surface area contributed by atoms with Crippen LogP contribution in [-0.2, 0) is 21.7 Å². The molecule has 6 aromatic carbocycles. The smallest absolute Gasteiger partial charge is 0.137 e. The zero-order valence-electron chi connectivity index (χ0n) is 39.5. The second kappa shape index (κ2) is 15.9. The quantitative estimate of drug-likeness (QED) is 0.153. The molecule has 64 heavy (non-hydrogen) atoms. The van der Waals surface area contributed by atoms with Gasteiger partial charge in [-0.1, -0.05) is 155 Å². The molecule has 0 fully saturated rings. The molecule has 0 unspecified atom stereocenters.